The molecule has 1 heterocycles. The number of fused-ring (bicyclic) bond motifs is 1. The van der Waals surface area contributed by atoms with E-state index in [-0.39, 0.29) is 0 Å². The van der Waals surface area contributed by atoms with Gasteiger partial charge in [0.1, 0.15) is 5.75 Å². The summed E-state index contributed by atoms with van der Waals surface area (Å²) in [5, 5.41) is 6.71. The van der Waals surface area contributed by atoms with Crippen molar-refractivity contribution < 1.29 is 18.9 Å². The molecule has 0 saturated heterocycles. The summed E-state index contributed by atoms with van der Waals surface area (Å²) >= 11 is 0. The molecule has 1 aliphatic rings. The van der Waals surface area contributed by atoms with Gasteiger partial charge in [-0.25, -0.2) is 0 Å². The number of nitrogens with zero attached hydrogens (tertiary/aromatic N) is 1. The Morgan fingerprint density at radius 1 is 1.00 bits per heavy atom. The molecule has 30 heavy (non-hydrogen) atoms. The molecule has 162 valence electrons. The second-order valence-corrected chi connectivity index (χ2v) is 6.86. The quantitative estimate of drug-likeness (QED) is 0.351. The molecule has 0 unspecified atom stereocenters. The van der Waals surface area contributed by atoms with Gasteiger partial charge in [-0.15, -0.1) is 0 Å². The average Bonchev–Trinajstić information content (AvgIpc) is 3.02. The number of hydrogen-bond donors (Lipinski definition) is 2. The third kappa shape index (κ3) is 7.48. The van der Waals surface area contributed by atoms with Crippen molar-refractivity contribution in [1.82, 2.24) is 5.32 Å². The van der Waals surface area contributed by atoms with Crippen LogP contribution >= 0.6 is 0 Å². The SMILES string of the molecule is COCCCNC(=NCCCOc1ccccc1)Nc1ccc2c(c1)OCCCO2. The minimum Gasteiger partial charge on any atom is -0.494 e. The fraction of sp³-hybridized carbons (Fsp3) is 0.435. The summed E-state index contributed by atoms with van der Waals surface area (Å²) in [4.78, 5) is 4.68. The summed E-state index contributed by atoms with van der Waals surface area (Å²) in [6.45, 7) is 4.08. The molecule has 0 aromatic heterocycles. The fourth-order valence-corrected chi connectivity index (χ4v) is 2.90. The first kappa shape index (κ1) is 21.8. The van der Waals surface area contributed by atoms with Gasteiger partial charge in [0, 0.05) is 51.4 Å². The van der Waals surface area contributed by atoms with Crippen molar-refractivity contribution in [3.63, 3.8) is 0 Å². The first-order chi connectivity index (χ1) is 14.8. The van der Waals surface area contributed by atoms with Crippen LogP contribution < -0.4 is 24.8 Å². The summed E-state index contributed by atoms with van der Waals surface area (Å²) in [5.41, 5.74) is 0.901. The zero-order valence-corrected chi connectivity index (χ0v) is 17.6. The van der Waals surface area contributed by atoms with Gasteiger partial charge >= 0.3 is 0 Å². The molecule has 0 spiro atoms. The summed E-state index contributed by atoms with van der Waals surface area (Å²) in [7, 11) is 1.71. The van der Waals surface area contributed by atoms with E-state index in [9.17, 15) is 0 Å². The van der Waals surface area contributed by atoms with E-state index in [2.05, 4.69) is 15.6 Å². The van der Waals surface area contributed by atoms with Crippen LogP contribution in [0.4, 0.5) is 5.69 Å². The van der Waals surface area contributed by atoms with Crippen LogP contribution in [-0.2, 0) is 4.74 Å². The largest absolute Gasteiger partial charge is 0.494 e. The lowest BCUT2D eigenvalue weighted by Gasteiger charge is -2.14. The van der Waals surface area contributed by atoms with Crippen molar-refractivity contribution >= 4 is 11.6 Å². The zero-order valence-electron chi connectivity index (χ0n) is 17.6. The monoisotopic (exact) mass is 413 g/mol. The number of nitrogens with one attached hydrogen (secondary N) is 2. The van der Waals surface area contributed by atoms with E-state index in [4.69, 9.17) is 18.9 Å². The molecule has 0 saturated carbocycles. The molecule has 2 N–H and O–H groups in total. The predicted octanol–water partition coefficient (Wildman–Crippen LogP) is 3.71. The molecule has 7 nitrogen and oxygen atoms in total. The minimum atomic E-state index is 0.620. The zero-order chi connectivity index (χ0) is 20.9. The van der Waals surface area contributed by atoms with Gasteiger partial charge in [0.15, 0.2) is 17.5 Å². The van der Waals surface area contributed by atoms with Crippen LogP contribution in [0.1, 0.15) is 19.3 Å². The number of guanidine groups is 1. The highest BCUT2D eigenvalue weighted by molar-refractivity contribution is 5.93. The Labute approximate surface area is 178 Å². The maximum absolute atomic E-state index is 5.78. The lowest BCUT2D eigenvalue weighted by Crippen LogP contribution is -2.32. The van der Waals surface area contributed by atoms with Gasteiger partial charge in [0.05, 0.1) is 19.8 Å². The van der Waals surface area contributed by atoms with Crippen molar-refractivity contribution in [2.75, 3.05) is 51.9 Å². The van der Waals surface area contributed by atoms with Crippen molar-refractivity contribution in [2.45, 2.75) is 19.3 Å². The molecule has 0 aliphatic carbocycles. The normalized spacial score (nSPS) is 13.4. The van der Waals surface area contributed by atoms with Crippen molar-refractivity contribution in [3.05, 3.63) is 48.5 Å². The van der Waals surface area contributed by atoms with Crippen LogP contribution in [-0.4, -0.2) is 52.6 Å². The molecule has 7 heteroatoms. The van der Waals surface area contributed by atoms with E-state index >= 15 is 0 Å². The number of anilines is 1. The van der Waals surface area contributed by atoms with Gasteiger partial charge < -0.3 is 29.6 Å². The van der Waals surface area contributed by atoms with Crippen LogP contribution in [0, 0.1) is 0 Å². The fourth-order valence-electron chi connectivity index (χ4n) is 2.90. The minimum absolute atomic E-state index is 0.620. The number of hydrogen-bond acceptors (Lipinski definition) is 5. The maximum Gasteiger partial charge on any atom is 0.195 e. The number of benzene rings is 2. The molecule has 0 radical (unpaired) electrons. The van der Waals surface area contributed by atoms with E-state index in [0.29, 0.717) is 33.0 Å². The summed E-state index contributed by atoms with van der Waals surface area (Å²) < 4.78 is 22.3. The number of ether oxygens (including phenoxy) is 4. The Morgan fingerprint density at radius 3 is 2.67 bits per heavy atom. The Bertz CT molecular complexity index is 783. The Balaban J connectivity index is 1.54. The third-order valence-corrected chi connectivity index (χ3v) is 4.41. The molecule has 3 rings (SSSR count). The number of methoxy groups -OCH3 is 1. The lowest BCUT2D eigenvalue weighted by atomic mass is 10.2. The summed E-state index contributed by atoms with van der Waals surface area (Å²) in [6, 6.07) is 15.7. The van der Waals surface area contributed by atoms with Crippen LogP contribution in [0.5, 0.6) is 17.2 Å². The molecule has 0 fully saturated rings. The molecule has 2 aromatic rings. The smallest absolute Gasteiger partial charge is 0.195 e. The first-order valence-electron chi connectivity index (χ1n) is 10.5. The van der Waals surface area contributed by atoms with E-state index < -0.39 is 0 Å². The molecular formula is C23H31N3O4. The molecule has 0 atom stereocenters. The summed E-state index contributed by atoms with van der Waals surface area (Å²) in [6.07, 6.45) is 2.60. The van der Waals surface area contributed by atoms with Crippen LogP contribution in [0.25, 0.3) is 0 Å². The predicted molar refractivity (Wildman–Crippen MR) is 119 cm³/mol. The van der Waals surface area contributed by atoms with Gasteiger partial charge in [-0.3, -0.25) is 4.99 Å². The van der Waals surface area contributed by atoms with Gasteiger partial charge in [-0.1, -0.05) is 18.2 Å². The standard InChI is InChI=1S/C23H31N3O4/c1-27-14-5-12-24-23(25-13-6-15-28-20-8-3-2-4-9-20)26-19-10-11-21-22(18-19)30-17-7-16-29-21/h2-4,8-11,18H,5-7,12-17H2,1H3,(H2,24,25,26). The summed E-state index contributed by atoms with van der Waals surface area (Å²) in [5.74, 6) is 3.14. The Morgan fingerprint density at radius 2 is 1.83 bits per heavy atom. The van der Waals surface area contributed by atoms with E-state index in [1.165, 1.54) is 0 Å². The van der Waals surface area contributed by atoms with E-state index in [1.54, 1.807) is 7.11 Å². The average molecular weight is 414 g/mol. The van der Waals surface area contributed by atoms with Crippen LogP contribution in [0.2, 0.25) is 0 Å². The number of para-hydroxylation sites is 1. The highest BCUT2D eigenvalue weighted by atomic mass is 16.5. The molecule has 1 aliphatic heterocycles. The number of rotatable bonds is 10. The van der Waals surface area contributed by atoms with Gasteiger partial charge in [0.2, 0.25) is 0 Å². The van der Waals surface area contributed by atoms with Crippen LogP contribution in [0.15, 0.2) is 53.5 Å². The second kappa shape index (κ2) is 12.6. The first-order valence-corrected chi connectivity index (χ1v) is 10.5. The molecule has 0 bridgehead atoms. The molecule has 0 amide bonds. The van der Waals surface area contributed by atoms with Crippen LogP contribution in [0.3, 0.4) is 0 Å². The van der Waals surface area contributed by atoms with Gasteiger partial charge in [-0.05, 0) is 30.7 Å². The molecule has 2 aromatic carbocycles. The van der Waals surface area contributed by atoms with Gasteiger partial charge in [0.25, 0.3) is 0 Å². The Hall–Kier alpha value is -2.93. The van der Waals surface area contributed by atoms with Crippen molar-refractivity contribution in [1.29, 1.82) is 0 Å². The van der Waals surface area contributed by atoms with Crippen molar-refractivity contribution in [2.24, 2.45) is 4.99 Å². The third-order valence-electron chi connectivity index (χ3n) is 4.41. The van der Waals surface area contributed by atoms with E-state index in [1.807, 2.05) is 48.5 Å². The number of aliphatic imine (C=N–C) groups is 1. The van der Waals surface area contributed by atoms with Crippen molar-refractivity contribution in [3.8, 4) is 17.2 Å². The van der Waals surface area contributed by atoms with Gasteiger partial charge in [-0.2, -0.15) is 0 Å². The topological polar surface area (TPSA) is 73.3 Å². The lowest BCUT2D eigenvalue weighted by molar-refractivity contribution is 0.195. The highest BCUT2D eigenvalue weighted by Crippen LogP contribution is 2.32. The highest BCUT2D eigenvalue weighted by Gasteiger charge is 2.11. The Kier molecular flexibility index (Phi) is 9.14. The second-order valence-electron chi connectivity index (χ2n) is 6.86. The van der Waals surface area contributed by atoms with E-state index in [0.717, 1.165) is 54.7 Å². The maximum atomic E-state index is 5.78. The molecular weight excluding hydrogens is 382 g/mol.